The monoisotopic (exact) mass is 404 g/mol. The van der Waals surface area contributed by atoms with Crippen LogP contribution in [0.3, 0.4) is 0 Å². The van der Waals surface area contributed by atoms with E-state index in [0.29, 0.717) is 27.4 Å². The van der Waals surface area contributed by atoms with Crippen LogP contribution in [0, 0.1) is 13.8 Å². The van der Waals surface area contributed by atoms with Crippen LogP contribution in [0.25, 0.3) is 0 Å². The van der Waals surface area contributed by atoms with Crippen molar-refractivity contribution in [2.75, 3.05) is 7.11 Å². The van der Waals surface area contributed by atoms with Crippen LogP contribution in [0.1, 0.15) is 63.2 Å². The molecule has 150 valence electrons. The van der Waals surface area contributed by atoms with Gasteiger partial charge in [0.2, 0.25) is 0 Å². The lowest BCUT2D eigenvalue weighted by atomic mass is 9.98. The normalized spacial score (nSPS) is 12.0. The minimum Gasteiger partial charge on any atom is -0.464 e. The van der Waals surface area contributed by atoms with E-state index in [2.05, 4.69) is 4.98 Å². The zero-order valence-corrected chi connectivity index (χ0v) is 17.7. The fraction of sp³-hybridized carbons (Fsp3) is 0.381. The van der Waals surface area contributed by atoms with E-state index in [0.717, 1.165) is 0 Å². The summed E-state index contributed by atoms with van der Waals surface area (Å²) in [5, 5.41) is 0.333. The third-order valence-corrected chi connectivity index (χ3v) is 5.09. The molecule has 0 saturated heterocycles. The molecular weight excluding hydrogens is 380 g/mol. The number of amides is 1. The second kappa shape index (κ2) is 8.61. The number of Topliss-reactive ketones (excluding diaryl/α,β-unsaturated/α-hetero) is 1. The van der Waals surface area contributed by atoms with Crippen molar-refractivity contribution < 1.29 is 19.1 Å². The number of rotatable bonds is 6. The molecule has 0 radical (unpaired) electrons. The molecule has 6 nitrogen and oxygen atoms in total. The zero-order chi connectivity index (χ0) is 21.2. The number of hydrogen-bond donors (Lipinski definition) is 1. The lowest BCUT2D eigenvalue weighted by Crippen LogP contribution is -2.47. The van der Waals surface area contributed by atoms with Gasteiger partial charge in [-0.2, -0.15) is 0 Å². The van der Waals surface area contributed by atoms with Gasteiger partial charge in [0.25, 0.3) is 5.91 Å². The van der Waals surface area contributed by atoms with Gasteiger partial charge >= 0.3 is 5.97 Å². The van der Waals surface area contributed by atoms with Gasteiger partial charge in [-0.15, -0.1) is 0 Å². The fourth-order valence-corrected chi connectivity index (χ4v) is 3.61. The molecular formula is C21H25ClN2O4. The number of ether oxygens (including phenoxy) is 1. The molecule has 1 atom stereocenters. The van der Waals surface area contributed by atoms with Gasteiger partial charge in [0, 0.05) is 17.3 Å². The van der Waals surface area contributed by atoms with Crippen molar-refractivity contribution in [3.63, 3.8) is 0 Å². The number of hydrogen-bond acceptors (Lipinski definition) is 4. The van der Waals surface area contributed by atoms with Crippen LogP contribution in [0.2, 0.25) is 5.02 Å². The lowest BCUT2D eigenvalue weighted by molar-refractivity contribution is 0.0565. The summed E-state index contributed by atoms with van der Waals surface area (Å²) >= 11 is 6.18. The van der Waals surface area contributed by atoms with Gasteiger partial charge in [-0.1, -0.05) is 23.7 Å². The van der Waals surface area contributed by atoms with Gasteiger partial charge < -0.3 is 14.6 Å². The fourth-order valence-electron chi connectivity index (χ4n) is 3.39. The summed E-state index contributed by atoms with van der Waals surface area (Å²) in [7, 11) is 1.28. The second-order valence-electron chi connectivity index (χ2n) is 6.94. The Hall–Kier alpha value is -2.60. The molecule has 0 aliphatic heterocycles. The molecule has 2 aromatic rings. The van der Waals surface area contributed by atoms with E-state index in [-0.39, 0.29) is 23.4 Å². The molecule has 0 bridgehead atoms. The van der Waals surface area contributed by atoms with Gasteiger partial charge in [-0.25, -0.2) is 4.79 Å². The summed E-state index contributed by atoms with van der Waals surface area (Å²) in [6.45, 7) is 8.77. The first-order valence-electron chi connectivity index (χ1n) is 9.00. The van der Waals surface area contributed by atoms with Crippen molar-refractivity contribution in [3.05, 3.63) is 57.4 Å². The topological polar surface area (TPSA) is 79.5 Å². The Kier molecular flexibility index (Phi) is 6.67. The minimum atomic E-state index is -0.748. The Labute approximate surface area is 169 Å². The molecule has 7 heteroatoms. The van der Waals surface area contributed by atoms with Crippen molar-refractivity contribution >= 4 is 29.3 Å². The van der Waals surface area contributed by atoms with Gasteiger partial charge in [-0.05, 0) is 52.3 Å². The highest BCUT2D eigenvalue weighted by Gasteiger charge is 2.33. The predicted molar refractivity (Wildman–Crippen MR) is 108 cm³/mol. The minimum absolute atomic E-state index is 0.234. The van der Waals surface area contributed by atoms with Crippen LogP contribution in [-0.2, 0) is 4.74 Å². The average Bonchev–Trinajstić information content (AvgIpc) is 2.94. The van der Waals surface area contributed by atoms with Crippen LogP contribution < -0.4 is 0 Å². The molecule has 1 aromatic heterocycles. The Morgan fingerprint density at radius 2 is 1.71 bits per heavy atom. The third kappa shape index (κ3) is 3.97. The predicted octanol–water partition coefficient (Wildman–Crippen LogP) is 4.19. The molecule has 2 rings (SSSR count). The van der Waals surface area contributed by atoms with E-state index in [1.807, 2.05) is 13.8 Å². The Balaban J connectivity index is 2.44. The number of carbonyl (C=O) groups excluding carboxylic acids is 3. The summed E-state index contributed by atoms with van der Waals surface area (Å²) in [4.78, 5) is 42.7. The Bertz CT molecular complexity index is 917. The molecule has 0 saturated carbocycles. The van der Waals surface area contributed by atoms with E-state index in [1.54, 1.807) is 45.0 Å². The summed E-state index contributed by atoms with van der Waals surface area (Å²) < 4.78 is 4.76. The molecule has 28 heavy (non-hydrogen) atoms. The van der Waals surface area contributed by atoms with E-state index < -0.39 is 12.0 Å². The number of esters is 1. The first kappa shape index (κ1) is 21.7. The maximum Gasteiger partial charge on any atom is 0.354 e. The number of aromatic amines is 1. The van der Waals surface area contributed by atoms with Crippen LogP contribution in [0.5, 0.6) is 0 Å². The average molecular weight is 405 g/mol. The molecule has 0 spiro atoms. The molecule has 0 aliphatic carbocycles. The number of carbonyl (C=O) groups is 3. The number of benzene rings is 1. The van der Waals surface area contributed by atoms with Crippen molar-refractivity contribution in [2.24, 2.45) is 0 Å². The quantitative estimate of drug-likeness (QED) is 0.578. The van der Waals surface area contributed by atoms with Gasteiger partial charge in [0.15, 0.2) is 5.78 Å². The van der Waals surface area contributed by atoms with Crippen molar-refractivity contribution in [1.29, 1.82) is 0 Å². The van der Waals surface area contributed by atoms with E-state index in [9.17, 15) is 14.4 Å². The van der Waals surface area contributed by atoms with E-state index in [4.69, 9.17) is 16.3 Å². The van der Waals surface area contributed by atoms with Crippen molar-refractivity contribution in [3.8, 4) is 0 Å². The van der Waals surface area contributed by atoms with Gasteiger partial charge in [0.05, 0.1) is 23.7 Å². The number of nitrogens with one attached hydrogen (secondary N) is 1. The summed E-state index contributed by atoms with van der Waals surface area (Å²) in [6.07, 6.45) is 0. The SMILES string of the molecule is COC(=O)c1[nH]c(C)c(C(=O)[C@@H](C)N(C(=O)c2ccccc2Cl)C(C)C)c1C. The standard InChI is InChI=1S/C21H25ClN2O4/c1-11(2)24(20(26)15-9-7-8-10-16(15)22)14(5)19(25)17-12(3)18(21(27)28-6)23-13(17)4/h7-11,14,23H,1-6H3/t14-/m1/s1. The molecule has 0 aliphatic rings. The maximum atomic E-state index is 13.3. The Morgan fingerprint density at radius 3 is 2.25 bits per heavy atom. The van der Waals surface area contributed by atoms with Crippen LogP contribution in [0.4, 0.5) is 0 Å². The van der Waals surface area contributed by atoms with Crippen LogP contribution >= 0.6 is 11.6 Å². The molecule has 1 amide bonds. The lowest BCUT2D eigenvalue weighted by Gasteiger charge is -2.32. The zero-order valence-electron chi connectivity index (χ0n) is 16.9. The number of halogens is 1. The second-order valence-corrected chi connectivity index (χ2v) is 7.35. The molecule has 1 N–H and O–H groups in total. The Morgan fingerprint density at radius 1 is 1.11 bits per heavy atom. The molecule has 1 heterocycles. The highest BCUT2D eigenvalue weighted by Crippen LogP contribution is 2.25. The first-order chi connectivity index (χ1) is 13.1. The third-order valence-electron chi connectivity index (χ3n) is 4.77. The summed E-state index contributed by atoms with van der Waals surface area (Å²) in [5.41, 5.74) is 2.05. The highest BCUT2D eigenvalue weighted by molar-refractivity contribution is 6.33. The molecule has 0 fully saturated rings. The molecule has 1 aromatic carbocycles. The number of H-pyrrole nitrogens is 1. The maximum absolute atomic E-state index is 13.3. The number of nitrogens with zero attached hydrogens (tertiary/aromatic N) is 1. The van der Waals surface area contributed by atoms with E-state index in [1.165, 1.54) is 12.0 Å². The van der Waals surface area contributed by atoms with Crippen molar-refractivity contribution in [2.45, 2.75) is 46.7 Å². The highest BCUT2D eigenvalue weighted by atomic mass is 35.5. The van der Waals surface area contributed by atoms with Crippen LogP contribution in [-0.4, -0.2) is 46.7 Å². The van der Waals surface area contributed by atoms with Gasteiger partial charge in [-0.3, -0.25) is 9.59 Å². The van der Waals surface area contributed by atoms with Gasteiger partial charge in [0.1, 0.15) is 5.69 Å². The van der Waals surface area contributed by atoms with Crippen LogP contribution in [0.15, 0.2) is 24.3 Å². The van der Waals surface area contributed by atoms with Crippen molar-refractivity contribution in [1.82, 2.24) is 9.88 Å². The largest absolute Gasteiger partial charge is 0.464 e. The van der Waals surface area contributed by atoms with E-state index >= 15 is 0 Å². The number of aromatic nitrogens is 1. The summed E-state index contributed by atoms with van der Waals surface area (Å²) in [5.74, 6) is -1.11. The summed E-state index contributed by atoms with van der Waals surface area (Å²) in [6, 6.07) is 5.77. The number of ketones is 1. The first-order valence-corrected chi connectivity index (χ1v) is 9.38. The number of aryl methyl sites for hydroxylation is 1. The smallest absolute Gasteiger partial charge is 0.354 e. The number of methoxy groups -OCH3 is 1. The molecule has 0 unspecified atom stereocenters.